The van der Waals surface area contributed by atoms with Gasteiger partial charge < -0.3 is 0 Å². The van der Waals surface area contributed by atoms with Crippen molar-refractivity contribution in [1.82, 2.24) is 15.2 Å². The summed E-state index contributed by atoms with van der Waals surface area (Å²) in [4.78, 5) is 14.8. The Morgan fingerprint density at radius 2 is 2.00 bits per heavy atom. The minimum Gasteiger partial charge on any atom is -0.258 e. The number of nitrogens with one attached hydrogen (secondary N) is 1. The van der Waals surface area contributed by atoms with E-state index in [1.165, 1.54) is 17.8 Å². The number of rotatable bonds is 5. The van der Waals surface area contributed by atoms with E-state index in [1.54, 1.807) is 24.3 Å². The number of aromatic amines is 1. The van der Waals surface area contributed by atoms with E-state index in [1.807, 2.05) is 18.2 Å². The van der Waals surface area contributed by atoms with Crippen LogP contribution in [0, 0.1) is 10.1 Å². The number of non-ortho nitro benzene ring substituents is 1. The van der Waals surface area contributed by atoms with E-state index in [0.29, 0.717) is 21.8 Å². The van der Waals surface area contributed by atoms with Crippen molar-refractivity contribution in [2.75, 3.05) is 0 Å². The molecule has 116 valence electrons. The van der Waals surface area contributed by atoms with Gasteiger partial charge in [-0.1, -0.05) is 35.5 Å². The quantitative estimate of drug-likeness (QED) is 0.422. The second-order valence-electron chi connectivity index (χ2n) is 4.69. The van der Waals surface area contributed by atoms with Gasteiger partial charge in [-0.3, -0.25) is 15.2 Å². The lowest BCUT2D eigenvalue weighted by Crippen LogP contribution is -1.89. The molecule has 0 spiro atoms. The highest BCUT2D eigenvalue weighted by Crippen LogP contribution is 2.24. The first kappa shape index (κ1) is 15.5. The van der Waals surface area contributed by atoms with E-state index in [-0.39, 0.29) is 5.69 Å². The van der Waals surface area contributed by atoms with Gasteiger partial charge in [0, 0.05) is 28.5 Å². The van der Waals surface area contributed by atoms with Crippen molar-refractivity contribution >= 4 is 29.1 Å². The van der Waals surface area contributed by atoms with Gasteiger partial charge >= 0.3 is 0 Å². The number of hydrogen-bond donors (Lipinski definition) is 1. The maximum Gasteiger partial charge on any atom is 0.269 e. The Balaban J connectivity index is 1.69. The van der Waals surface area contributed by atoms with E-state index in [2.05, 4.69) is 15.2 Å². The highest BCUT2D eigenvalue weighted by molar-refractivity contribution is 7.98. The molecule has 0 amide bonds. The van der Waals surface area contributed by atoms with Crippen LogP contribution in [0.2, 0.25) is 5.02 Å². The summed E-state index contributed by atoms with van der Waals surface area (Å²) in [6.45, 7) is 0. The molecule has 1 N–H and O–H groups in total. The number of benzene rings is 2. The van der Waals surface area contributed by atoms with Crippen LogP contribution in [0.4, 0.5) is 5.69 Å². The summed E-state index contributed by atoms with van der Waals surface area (Å²) >= 11 is 7.27. The van der Waals surface area contributed by atoms with Crippen LogP contribution in [0.3, 0.4) is 0 Å². The van der Waals surface area contributed by atoms with Crippen LogP contribution >= 0.6 is 23.4 Å². The molecule has 23 heavy (non-hydrogen) atoms. The maximum absolute atomic E-state index is 10.8. The Bertz CT molecular complexity index is 836. The molecular formula is C15H11ClN4O2S. The molecule has 6 nitrogen and oxygen atoms in total. The lowest BCUT2D eigenvalue weighted by Gasteiger charge is -1.98. The molecule has 1 aromatic heterocycles. The molecular weight excluding hydrogens is 336 g/mol. The second-order valence-corrected chi connectivity index (χ2v) is 6.07. The summed E-state index contributed by atoms with van der Waals surface area (Å²) in [6, 6.07) is 13.8. The predicted molar refractivity (Wildman–Crippen MR) is 89.5 cm³/mol. The fraction of sp³-hybridized carbons (Fsp3) is 0.0667. The molecule has 3 aromatic rings. The number of thioether (sulfide) groups is 1. The third-order valence-electron chi connectivity index (χ3n) is 3.07. The Labute approximate surface area is 141 Å². The highest BCUT2D eigenvalue weighted by Gasteiger charge is 2.09. The molecule has 0 atom stereocenters. The molecule has 0 saturated carbocycles. The number of hydrogen-bond acceptors (Lipinski definition) is 5. The Hall–Kier alpha value is -2.38. The molecule has 0 saturated heterocycles. The first-order chi connectivity index (χ1) is 11.1. The van der Waals surface area contributed by atoms with Crippen LogP contribution in [-0.2, 0) is 5.75 Å². The second kappa shape index (κ2) is 6.80. The zero-order valence-electron chi connectivity index (χ0n) is 11.8. The van der Waals surface area contributed by atoms with Gasteiger partial charge in [0.1, 0.15) is 0 Å². The van der Waals surface area contributed by atoms with Crippen LogP contribution in [0.1, 0.15) is 5.56 Å². The lowest BCUT2D eigenvalue weighted by atomic mass is 10.2. The molecule has 0 bridgehead atoms. The third kappa shape index (κ3) is 3.88. The summed E-state index contributed by atoms with van der Waals surface area (Å²) in [6.07, 6.45) is 0. The van der Waals surface area contributed by atoms with Gasteiger partial charge in [-0.2, -0.15) is 0 Å². The van der Waals surface area contributed by atoms with Crippen LogP contribution in [0.15, 0.2) is 53.7 Å². The molecule has 3 rings (SSSR count). The van der Waals surface area contributed by atoms with Gasteiger partial charge in [0.15, 0.2) is 5.82 Å². The monoisotopic (exact) mass is 346 g/mol. The van der Waals surface area contributed by atoms with E-state index in [9.17, 15) is 10.1 Å². The minimum atomic E-state index is -0.403. The van der Waals surface area contributed by atoms with E-state index in [4.69, 9.17) is 11.6 Å². The summed E-state index contributed by atoms with van der Waals surface area (Å²) in [5, 5.41) is 19.0. The standard InChI is InChI=1S/C15H11ClN4O2S/c16-12-6-4-11(5-7-12)14-17-15(19-18-14)23-9-10-2-1-3-13(8-10)20(21)22/h1-8H,9H2,(H,17,18,19). The Morgan fingerprint density at radius 1 is 1.22 bits per heavy atom. The smallest absolute Gasteiger partial charge is 0.258 e. The summed E-state index contributed by atoms with van der Waals surface area (Å²) in [5.41, 5.74) is 1.83. The van der Waals surface area contributed by atoms with Gasteiger partial charge in [0.2, 0.25) is 5.16 Å². The average Bonchev–Trinajstić information content (AvgIpc) is 3.03. The number of nitro benzene ring substituents is 1. The van der Waals surface area contributed by atoms with E-state index >= 15 is 0 Å². The largest absolute Gasteiger partial charge is 0.269 e. The van der Waals surface area contributed by atoms with Gasteiger partial charge in [-0.25, -0.2) is 4.98 Å². The van der Waals surface area contributed by atoms with Gasteiger partial charge in [-0.15, -0.1) is 5.10 Å². The number of halogens is 1. The van der Waals surface area contributed by atoms with Crippen LogP contribution in [0.5, 0.6) is 0 Å². The fourth-order valence-electron chi connectivity index (χ4n) is 1.96. The van der Waals surface area contributed by atoms with Crippen LogP contribution in [0.25, 0.3) is 11.4 Å². The van der Waals surface area contributed by atoms with Crippen molar-refractivity contribution in [3.8, 4) is 11.4 Å². The molecule has 0 radical (unpaired) electrons. The molecule has 0 unspecified atom stereocenters. The number of H-pyrrole nitrogens is 1. The number of nitrogens with zero attached hydrogens (tertiary/aromatic N) is 3. The maximum atomic E-state index is 10.8. The van der Waals surface area contributed by atoms with Crippen molar-refractivity contribution in [2.24, 2.45) is 0 Å². The minimum absolute atomic E-state index is 0.0833. The third-order valence-corrected chi connectivity index (χ3v) is 4.24. The summed E-state index contributed by atoms with van der Waals surface area (Å²) in [5.74, 6) is 1.21. The molecule has 8 heteroatoms. The molecule has 1 heterocycles. The number of aromatic nitrogens is 3. The Kier molecular flexibility index (Phi) is 4.59. The van der Waals surface area contributed by atoms with Gasteiger partial charge in [0.05, 0.1) is 4.92 Å². The average molecular weight is 347 g/mol. The van der Waals surface area contributed by atoms with Gasteiger partial charge in [-0.05, 0) is 29.8 Å². The van der Waals surface area contributed by atoms with E-state index in [0.717, 1.165) is 11.1 Å². The van der Waals surface area contributed by atoms with Crippen LogP contribution in [-0.4, -0.2) is 20.1 Å². The number of nitro groups is 1. The Morgan fingerprint density at radius 3 is 2.74 bits per heavy atom. The highest BCUT2D eigenvalue weighted by atomic mass is 35.5. The molecule has 0 aliphatic heterocycles. The van der Waals surface area contributed by atoms with Crippen molar-refractivity contribution in [2.45, 2.75) is 10.9 Å². The molecule has 0 aliphatic rings. The molecule has 0 aliphatic carbocycles. The van der Waals surface area contributed by atoms with Gasteiger partial charge in [0.25, 0.3) is 5.69 Å². The van der Waals surface area contributed by atoms with Crippen molar-refractivity contribution in [3.63, 3.8) is 0 Å². The zero-order chi connectivity index (χ0) is 16.2. The molecule has 2 aromatic carbocycles. The summed E-state index contributed by atoms with van der Waals surface area (Å²) < 4.78 is 0. The topological polar surface area (TPSA) is 84.7 Å². The summed E-state index contributed by atoms with van der Waals surface area (Å²) in [7, 11) is 0. The zero-order valence-corrected chi connectivity index (χ0v) is 13.3. The first-order valence-corrected chi connectivity index (χ1v) is 8.02. The lowest BCUT2D eigenvalue weighted by molar-refractivity contribution is -0.384. The van der Waals surface area contributed by atoms with Crippen molar-refractivity contribution in [3.05, 3.63) is 69.2 Å². The van der Waals surface area contributed by atoms with Crippen molar-refractivity contribution < 1.29 is 4.92 Å². The predicted octanol–water partition coefficient (Wildman–Crippen LogP) is 4.33. The van der Waals surface area contributed by atoms with E-state index < -0.39 is 4.92 Å². The fourth-order valence-corrected chi connectivity index (χ4v) is 2.82. The molecule has 0 fully saturated rings. The first-order valence-electron chi connectivity index (χ1n) is 6.66. The van der Waals surface area contributed by atoms with Crippen LogP contribution < -0.4 is 0 Å². The van der Waals surface area contributed by atoms with Crippen molar-refractivity contribution in [1.29, 1.82) is 0 Å². The SMILES string of the molecule is O=[N+]([O-])c1cccc(CSc2n[nH]c(-c3ccc(Cl)cc3)n2)c1. The normalized spacial score (nSPS) is 10.7.